The summed E-state index contributed by atoms with van der Waals surface area (Å²) in [6.07, 6.45) is 3.82. The lowest BCUT2D eigenvalue weighted by molar-refractivity contribution is 0.413. The zero-order chi connectivity index (χ0) is 12.8. The van der Waals surface area contributed by atoms with Crippen molar-refractivity contribution in [1.29, 1.82) is 0 Å². The molecule has 0 aliphatic carbocycles. The molecule has 1 N–H and O–H groups in total. The molecule has 1 saturated heterocycles. The summed E-state index contributed by atoms with van der Waals surface area (Å²) in [5.74, 6) is 2.28. The van der Waals surface area contributed by atoms with Gasteiger partial charge in [-0.3, -0.25) is 0 Å². The summed E-state index contributed by atoms with van der Waals surface area (Å²) in [5, 5.41) is 4.42. The summed E-state index contributed by atoms with van der Waals surface area (Å²) in [7, 11) is 1.73. The molecule has 100 valence electrons. The number of hydrogen-bond acceptors (Lipinski definition) is 3. The van der Waals surface area contributed by atoms with Crippen molar-refractivity contribution in [1.82, 2.24) is 5.32 Å². The first-order valence-corrected chi connectivity index (χ1v) is 7.86. The standard InChI is InChI=1S/C15H23NOS/c1-3-16-14(15-8-5-9-18-15)11-12-6-4-7-13(10-12)17-2/h4,6-7,10,14-16H,3,5,8-9,11H2,1-2H3. The summed E-state index contributed by atoms with van der Waals surface area (Å²) in [5.41, 5.74) is 1.37. The average molecular weight is 265 g/mol. The fraction of sp³-hybridized carbons (Fsp3) is 0.600. The lowest BCUT2D eigenvalue weighted by Crippen LogP contribution is -2.38. The van der Waals surface area contributed by atoms with E-state index < -0.39 is 0 Å². The monoisotopic (exact) mass is 265 g/mol. The molecule has 0 saturated carbocycles. The number of likely N-dealkylation sites (N-methyl/N-ethyl adjacent to an activating group) is 1. The molecule has 1 aliphatic rings. The molecule has 18 heavy (non-hydrogen) atoms. The molecule has 0 bridgehead atoms. The van der Waals surface area contributed by atoms with Crippen molar-refractivity contribution in [2.24, 2.45) is 0 Å². The van der Waals surface area contributed by atoms with Crippen molar-refractivity contribution in [2.45, 2.75) is 37.5 Å². The molecule has 1 heterocycles. The lowest BCUT2D eigenvalue weighted by atomic mass is 10.0. The first kappa shape index (κ1) is 13.8. The van der Waals surface area contributed by atoms with Crippen LogP contribution >= 0.6 is 11.8 Å². The molecule has 2 atom stereocenters. The van der Waals surface area contributed by atoms with Gasteiger partial charge in [0.1, 0.15) is 5.75 Å². The zero-order valence-electron chi connectivity index (χ0n) is 11.3. The summed E-state index contributed by atoms with van der Waals surface area (Å²) in [6.45, 7) is 3.24. The van der Waals surface area contributed by atoms with Gasteiger partial charge < -0.3 is 10.1 Å². The molecule has 2 rings (SSSR count). The Labute approximate surface area is 114 Å². The molecule has 3 heteroatoms. The maximum atomic E-state index is 5.30. The van der Waals surface area contributed by atoms with Gasteiger partial charge in [0.05, 0.1) is 7.11 Å². The third-order valence-electron chi connectivity index (χ3n) is 3.47. The second-order valence-electron chi connectivity index (χ2n) is 4.77. The molecule has 1 aliphatic heterocycles. The van der Waals surface area contributed by atoms with Gasteiger partial charge in [0.2, 0.25) is 0 Å². The van der Waals surface area contributed by atoms with Crippen LogP contribution in [0.3, 0.4) is 0 Å². The summed E-state index contributed by atoms with van der Waals surface area (Å²) < 4.78 is 5.30. The number of benzene rings is 1. The van der Waals surface area contributed by atoms with Gasteiger partial charge in [-0.2, -0.15) is 11.8 Å². The van der Waals surface area contributed by atoms with E-state index in [1.165, 1.54) is 24.2 Å². The second kappa shape index (κ2) is 7.05. The van der Waals surface area contributed by atoms with Gasteiger partial charge in [-0.25, -0.2) is 0 Å². The first-order chi connectivity index (χ1) is 8.83. The van der Waals surface area contributed by atoms with E-state index in [4.69, 9.17) is 4.74 Å². The van der Waals surface area contributed by atoms with E-state index in [0.717, 1.165) is 24.0 Å². The fourth-order valence-corrected chi connectivity index (χ4v) is 3.96. The van der Waals surface area contributed by atoms with Gasteiger partial charge in [0.15, 0.2) is 0 Å². The van der Waals surface area contributed by atoms with Crippen LogP contribution in [0.4, 0.5) is 0 Å². The minimum Gasteiger partial charge on any atom is -0.497 e. The molecule has 1 aromatic carbocycles. The summed E-state index contributed by atoms with van der Waals surface area (Å²) >= 11 is 2.13. The highest BCUT2D eigenvalue weighted by atomic mass is 32.2. The minimum absolute atomic E-state index is 0.592. The Hall–Kier alpha value is -0.670. The number of nitrogens with one attached hydrogen (secondary N) is 1. The molecule has 2 nitrogen and oxygen atoms in total. The second-order valence-corrected chi connectivity index (χ2v) is 6.12. The van der Waals surface area contributed by atoms with Crippen molar-refractivity contribution in [3.63, 3.8) is 0 Å². The Bertz CT molecular complexity index is 363. The lowest BCUT2D eigenvalue weighted by Gasteiger charge is -2.24. The SMILES string of the molecule is CCNC(Cc1cccc(OC)c1)C1CCCS1. The molecule has 2 unspecified atom stereocenters. The Balaban J connectivity index is 2.02. The highest BCUT2D eigenvalue weighted by Crippen LogP contribution is 2.30. The molecule has 1 fully saturated rings. The van der Waals surface area contributed by atoms with Crippen molar-refractivity contribution < 1.29 is 4.74 Å². The molecular weight excluding hydrogens is 242 g/mol. The van der Waals surface area contributed by atoms with E-state index in [-0.39, 0.29) is 0 Å². The van der Waals surface area contributed by atoms with Crippen molar-refractivity contribution in [2.75, 3.05) is 19.4 Å². The smallest absolute Gasteiger partial charge is 0.119 e. The van der Waals surface area contributed by atoms with Gasteiger partial charge in [-0.15, -0.1) is 0 Å². The number of rotatable bonds is 6. The third kappa shape index (κ3) is 3.66. The van der Waals surface area contributed by atoms with Gasteiger partial charge in [-0.05, 0) is 49.3 Å². The highest BCUT2D eigenvalue weighted by Gasteiger charge is 2.25. The Kier molecular flexibility index (Phi) is 5.39. The summed E-state index contributed by atoms with van der Waals surface area (Å²) in [6, 6.07) is 9.04. The van der Waals surface area contributed by atoms with Crippen molar-refractivity contribution >= 4 is 11.8 Å². The Morgan fingerprint density at radius 3 is 3.06 bits per heavy atom. The number of ether oxygens (including phenoxy) is 1. The first-order valence-electron chi connectivity index (χ1n) is 6.81. The van der Waals surface area contributed by atoms with Gasteiger partial charge in [0, 0.05) is 11.3 Å². The average Bonchev–Trinajstić information content (AvgIpc) is 2.92. The maximum Gasteiger partial charge on any atom is 0.119 e. The largest absolute Gasteiger partial charge is 0.497 e. The topological polar surface area (TPSA) is 21.3 Å². The third-order valence-corrected chi connectivity index (χ3v) is 4.99. The van der Waals surface area contributed by atoms with Gasteiger partial charge in [0.25, 0.3) is 0 Å². The maximum absolute atomic E-state index is 5.30. The molecule has 0 amide bonds. The molecular formula is C15H23NOS. The highest BCUT2D eigenvalue weighted by molar-refractivity contribution is 8.00. The number of thioether (sulfide) groups is 1. The van der Waals surface area contributed by atoms with E-state index in [9.17, 15) is 0 Å². The van der Waals surface area contributed by atoms with E-state index in [0.29, 0.717) is 6.04 Å². The predicted octanol–water partition coefficient (Wildman–Crippen LogP) is 3.11. The van der Waals surface area contributed by atoms with E-state index in [1.807, 2.05) is 6.07 Å². The summed E-state index contributed by atoms with van der Waals surface area (Å²) in [4.78, 5) is 0. The zero-order valence-corrected chi connectivity index (χ0v) is 12.1. The Morgan fingerprint density at radius 1 is 1.50 bits per heavy atom. The number of hydrogen-bond donors (Lipinski definition) is 1. The van der Waals surface area contributed by atoms with Crippen molar-refractivity contribution in [3.8, 4) is 5.75 Å². The van der Waals surface area contributed by atoms with Crippen LogP contribution in [0.2, 0.25) is 0 Å². The molecule has 1 aromatic rings. The van der Waals surface area contributed by atoms with Crippen LogP contribution in [-0.4, -0.2) is 30.7 Å². The quantitative estimate of drug-likeness (QED) is 0.854. The van der Waals surface area contributed by atoms with Gasteiger partial charge >= 0.3 is 0 Å². The van der Waals surface area contributed by atoms with Crippen LogP contribution in [0.25, 0.3) is 0 Å². The van der Waals surface area contributed by atoms with E-state index in [1.54, 1.807) is 7.11 Å². The van der Waals surface area contributed by atoms with Crippen LogP contribution in [0.1, 0.15) is 25.3 Å². The van der Waals surface area contributed by atoms with E-state index in [2.05, 4.69) is 42.2 Å². The molecule has 0 aromatic heterocycles. The van der Waals surface area contributed by atoms with Gasteiger partial charge in [-0.1, -0.05) is 19.1 Å². The Morgan fingerprint density at radius 2 is 2.39 bits per heavy atom. The predicted molar refractivity (Wildman–Crippen MR) is 79.6 cm³/mol. The molecule has 0 radical (unpaired) electrons. The normalized spacial score (nSPS) is 20.9. The van der Waals surface area contributed by atoms with Crippen LogP contribution in [0.15, 0.2) is 24.3 Å². The van der Waals surface area contributed by atoms with Crippen LogP contribution in [-0.2, 0) is 6.42 Å². The minimum atomic E-state index is 0.592. The van der Waals surface area contributed by atoms with Crippen molar-refractivity contribution in [3.05, 3.63) is 29.8 Å². The molecule has 0 spiro atoms. The number of methoxy groups -OCH3 is 1. The van der Waals surface area contributed by atoms with Crippen LogP contribution in [0.5, 0.6) is 5.75 Å². The van der Waals surface area contributed by atoms with Crippen LogP contribution in [0, 0.1) is 0 Å². The fourth-order valence-electron chi connectivity index (χ4n) is 2.57. The van der Waals surface area contributed by atoms with E-state index >= 15 is 0 Å². The van der Waals surface area contributed by atoms with Crippen LogP contribution < -0.4 is 10.1 Å².